The molecule has 0 heterocycles. The van der Waals surface area contributed by atoms with Gasteiger partial charge in [-0.05, 0) is 44.9 Å². The fourth-order valence-electron chi connectivity index (χ4n) is 5.79. The number of unbranched alkanes of at least 4 members (excludes halogenated alkanes) is 23. The first-order valence-electron chi connectivity index (χ1n) is 20.8. The van der Waals surface area contributed by atoms with Gasteiger partial charge in [0.05, 0.1) is 19.8 Å². The van der Waals surface area contributed by atoms with Crippen molar-refractivity contribution >= 4 is 13.8 Å². The van der Waals surface area contributed by atoms with E-state index in [9.17, 15) is 14.3 Å². The van der Waals surface area contributed by atoms with Crippen molar-refractivity contribution in [3.05, 3.63) is 24.3 Å². The van der Waals surface area contributed by atoms with Crippen LogP contribution in [0.15, 0.2) is 24.3 Å². The monoisotopic (exact) mass is 730 g/mol. The third-order valence-corrected chi connectivity index (χ3v) is 9.86. The maximum Gasteiger partial charge on any atom is 0.472 e. The summed E-state index contributed by atoms with van der Waals surface area (Å²) >= 11 is 0. The Hall–Kier alpha value is -1.02. The number of phosphoric acid groups is 1. The predicted octanol–water partition coefficient (Wildman–Crippen LogP) is 12.1. The van der Waals surface area contributed by atoms with Gasteiger partial charge in [0.15, 0.2) is 0 Å². The van der Waals surface area contributed by atoms with Gasteiger partial charge in [0.25, 0.3) is 0 Å². The van der Waals surface area contributed by atoms with Gasteiger partial charge in [-0.2, -0.15) is 0 Å². The lowest BCUT2D eigenvalue weighted by atomic mass is 10.1. The maximum absolute atomic E-state index is 12.5. The van der Waals surface area contributed by atoms with Crippen LogP contribution in [0.25, 0.3) is 0 Å². The molecule has 0 radical (unpaired) electrons. The molecular formula is C41H80NO7P. The molecule has 0 saturated carbocycles. The molecule has 0 aliphatic heterocycles. The molecule has 0 aliphatic carbocycles. The maximum atomic E-state index is 12.5. The minimum atomic E-state index is -4.27. The molecule has 2 unspecified atom stereocenters. The second-order valence-corrected chi connectivity index (χ2v) is 15.3. The molecule has 3 N–H and O–H groups in total. The summed E-state index contributed by atoms with van der Waals surface area (Å²) in [5, 5.41) is 0. The zero-order valence-corrected chi connectivity index (χ0v) is 33.5. The van der Waals surface area contributed by atoms with E-state index >= 15 is 0 Å². The van der Waals surface area contributed by atoms with Gasteiger partial charge in [0.1, 0.15) is 6.10 Å². The van der Waals surface area contributed by atoms with E-state index < -0.39 is 13.9 Å². The number of nitrogens with two attached hydrogens (primary N) is 1. The molecular weight excluding hydrogens is 649 g/mol. The van der Waals surface area contributed by atoms with E-state index in [1.165, 1.54) is 135 Å². The van der Waals surface area contributed by atoms with Crippen molar-refractivity contribution in [2.75, 3.05) is 33.0 Å². The molecule has 0 amide bonds. The zero-order valence-electron chi connectivity index (χ0n) is 32.6. The highest BCUT2D eigenvalue weighted by Crippen LogP contribution is 2.43. The van der Waals surface area contributed by atoms with Crippen LogP contribution >= 0.6 is 7.82 Å². The van der Waals surface area contributed by atoms with Crippen LogP contribution in [-0.4, -0.2) is 49.9 Å². The lowest BCUT2D eigenvalue weighted by Crippen LogP contribution is -2.28. The third kappa shape index (κ3) is 38.2. The molecule has 0 saturated heterocycles. The SMILES string of the molecule is CCCCC/C=C\C/C=C\CCCCCCCCCCCCOCC(COP(=O)(O)OCCN)OC(=O)CCCCCCCCCCCCC. The summed E-state index contributed by atoms with van der Waals surface area (Å²) in [5.41, 5.74) is 5.36. The lowest BCUT2D eigenvalue weighted by Gasteiger charge is -2.20. The van der Waals surface area contributed by atoms with Crippen LogP contribution in [-0.2, 0) is 27.9 Å². The minimum absolute atomic E-state index is 0.0941. The van der Waals surface area contributed by atoms with E-state index in [0.29, 0.717) is 13.0 Å². The Balaban J connectivity index is 3.98. The number of esters is 1. The molecule has 2 atom stereocenters. The Kier molecular flexibility index (Phi) is 38.4. The third-order valence-electron chi connectivity index (χ3n) is 8.87. The Morgan fingerprint density at radius 3 is 1.60 bits per heavy atom. The molecule has 9 heteroatoms. The minimum Gasteiger partial charge on any atom is -0.457 e. The quantitative estimate of drug-likeness (QED) is 0.0277. The summed E-state index contributed by atoms with van der Waals surface area (Å²) in [6, 6.07) is 0. The zero-order chi connectivity index (χ0) is 36.6. The summed E-state index contributed by atoms with van der Waals surface area (Å²) in [4.78, 5) is 22.4. The van der Waals surface area contributed by atoms with Crippen LogP contribution < -0.4 is 5.73 Å². The molecule has 0 rings (SSSR count). The van der Waals surface area contributed by atoms with E-state index in [4.69, 9.17) is 24.3 Å². The van der Waals surface area contributed by atoms with Crippen molar-refractivity contribution in [1.29, 1.82) is 0 Å². The smallest absolute Gasteiger partial charge is 0.457 e. The number of carbonyl (C=O) groups is 1. The van der Waals surface area contributed by atoms with Crippen molar-refractivity contribution in [3.8, 4) is 0 Å². The van der Waals surface area contributed by atoms with Gasteiger partial charge in [-0.25, -0.2) is 4.57 Å². The number of allylic oxidation sites excluding steroid dienone is 4. The number of phosphoric ester groups is 1. The van der Waals surface area contributed by atoms with Gasteiger partial charge in [-0.15, -0.1) is 0 Å². The van der Waals surface area contributed by atoms with Gasteiger partial charge in [0, 0.05) is 19.6 Å². The van der Waals surface area contributed by atoms with Crippen molar-refractivity contribution in [3.63, 3.8) is 0 Å². The molecule has 0 bridgehead atoms. The molecule has 0 fully saturated rings. The van der Waals surface area contributed by atoms with Crippen LogP contribution in [0.2, 0.25) is 0 Å². The number of hydrogen-bond acceptors (Lipinski definition) is 7. The number of rotatable bonds is 40. The van der Waals surface area contributed by atoms with Crippen molar-refractivity contribution in [1.82, 2.24) is 0 Å². The summed E-state index contributed by atoms with van der Waals surface area (Å²) in [6.45, 7) is 4.90. The van der Waals surface area contributed by atoms with Crippen molar-refractivity contribution in [2.24, 2.45) is 5.73 Å². The number of hydrogen-bond donors (Lipinski definition) is 2. The first-order valence-corrected chi connectivity index (χ1v) is 22.3. The van der Waals surface area contributed by atoms with Crippen LogP contribution in [0.5, 0.6) is 0 Å². The van der Waals surface area contributed by atoms with Gasteiger partial charge < -0.3 is 20.1 Å². The molecule has 8 nitrogen and oxygen atoms in total. The number of ether oxygens (including phenoxy) is 2. The fraction of sp³-hybridized carbons (Fsp3) is 0.878. The van der Waals surface area contributed by atoms with E-state index in [2.05, 4.69) is 38.2 Å². The summed E-state index contributed by atoms with van der Waals surface area (Å²) in [5.74, 6) is -0.331. The van der Waals surface area contributed by atoms with Gasteiger partial charge in [-0.1, -0.05) is 167 Å². The molecule has 296 valence electrons. The van der Waals surface area contributed by atoms with Gasteiger partial charge >= 0.3 is 13.8 Å². The molecule has 0 aromatic carbocycles. The molecule has 0 spiro atoms. The standard InChI is InChI=1S/C41H80NO7P/c1-3-5-7-9-11-13-15-16-17-18-19-20-21-22-23-25-27-29-31-33-36-46-38-40(39-48-50(44,45)47-37-35-42)49-41(43)34-32-30-28-26-24-14-12-10-8-6-4-2/h11,13,16-17,40H,3-10,12,14-15,18-39,42H2,1-2H3,(H,44,45)/b13-11-,17-16-. The van der Waals surface area contributed by atoms with E-state index in [0.717, 1.165) is 38.5 Å². The normalized spacial score (nSPS) is 13.8. The fourth-order valence-corrected chi connectivity index (χ4v) is 6.56. The van der Waals surface area contributed by atoms with Crippen LogP contribution in [0.3, 0.4) is 0 Å². The number of carbonyl (C=O) groups excluding carboxylic acids is 1. The van der Waals surface area contributed by atoms with E-state index in [1.54, 1.807) is 0 Å². The molecule has 0 aliphatic rings. The molecule has 50 heavy (non-hydrogen) atoms. The topological polar surface area (TPSA) is 117 Å². The van der Waals surface area contributed by atoms with Crippen molar-refractivity contribution < 1.29 is 32.8 Å². The van der Waals surface area contributed by atoms with Crippen LogP contribution in [0.4, 0.5) is 0 Å². The van der Waals surface area contributed by atoms with Gasteiger partial charge in [-0.3, -0.25) is 13.8 Å². The van der Waals surface area contributed by atoms with Crippen molar-refractivity contribution in [2.45, 2.75) is 200 Å². The van der Waals surface area contributed by atoms with Crippen LogP contribution in [0, 0.1) is 0 Å². The van der Waals surface area contributed by atoms with Crippen LogP contribution in [0.1, 0.15) is 194 Å². The second-order valence-electron chi connectivity index (χ2n) is 13.9. The lowest BCUT2D eigenvalue weighted by molar-refractivity contribution is -0.154. The Morgan fingerprint density at radius 1 is 0.600 bits per heavy atom. The largest absolute Gasteiger partial charge is 0.472 e. The summed E-state index contributed by atoms with van der Waals surface area (Å²) < 4.78 is 33.4. The second kappa shape index (κ2) is 39.2. The highest BCUT2D eigenvalue weighted by atomic mass is 31.2. The Labute approximate surface area is 308 Å². The summed E-state index contributed by atoms with van der Waals surface area (Å²) in [7, 11) is -4.27. The Morgan fingerprint density at radius 2 is 1.06 bits per heavy atom. The highest BCUT2D eigenvalue weighted by molar-refractivity contribution is 7.47. The first-order chi connectivity index (χ1) is 24.4. The molecule has 0 aromatic rings. The van der Waals surface area contributed by atoms with Gasteiger partial charge in [0.2, 0.25) is 0 Å². The first kappa shape index (κ1) is 49.0. The summed E-state index contributed by atoms with van der Waals surface area (Å²) in [6.07, 6.45) is 41.9. The predicted molar refractivity (Wildman–Crippen MR) is 210 cm³/mol. The molecule has 0 aromatic heterocycles. The Bertz CT molecular complexity index is 823. The highest BCUT2D eigenvalue weighted by Gasteiger charge is 2.25. The average Bonchev–Trinajstić information content (AvgIpc) is 3.10. The van der Waals surface area contributed by atoms with E-state index in [-0.39, 0.29) is 32.3 Å². The average molecular weight is 730 g/mol. The van der Waals surface area contributed by atoms with E-state index in [1.807, 2.05) is 0 Å².